The number of hydrogen-bond donors (Lipinski definition) is 1. The number of ether oxygens (including phenoxy) is 1. The summed E-state index contributed by atoms with van der Waals surface area (Å²) in [7, 11) is 0. The van der Waals surface area contributed by atoms with Crippen molar-refractivity contribution in [3.8, 4) is 0 Å². The van der Waals surface area contributed by atoms with Gasteiger partial charge in [-0.3, -0.25) is 4.79 Å². The van der Waals surface area contributed by atoms with E-state index in [4.69, 9.17) is 9.84 Å². The third-order valence-corrected chi connectivity index (χ3v) is 2.16. The molecule has 1 aromatic rings. The normalized spacial score (nSPS) is 10.3. The van der Waals surface area contributed by atoms with E-state index in [2.05, 4.69) is 0 Å². The Kier molecular flexibility index (Phi) is 4.69. The number of carbonyl (C=O) groups is 2. The molecule has 0 aliphatic carbocycles. The van der Waals surface area contributed by atoms with Gasteiger partial charge in [0.1, 0.15) is 0 Å². The fraction of sp³-hybridized carbons (Fsp3) is 0.385. The highest BCUT2D eigenvalue weighted by molar-refractivity contribution is 5.91. The molecule has 1 N–H and O–H groups in total. The molecular formula is C13H16O4. The Morgan fingerprint density at radius 2 is 1.94 bits per heavy atom. The zero-order chi connectivity index (χ0) is 12.8. The van der Waals surface area contributed by atoms with Crippen molar-refractivity contribution in [1.82, 2.24) is 0 Å². The largest absolute Gasteiger partial charge is 0.478 e. The molecule has 4 nitrogen and oxygen atoms in total. The van der Waals surface area contributed by atoms with Crippen molar-refractivity contribution >= 4 is 11.9 Å². The molecule has 0 atom stereocenters. The second-order valence-electron chi connectivity index (χ2n) is 4.22. The van der Waals surface area contributed by atoms with Gasteiger partial charge in [-0.25, -0.2) is 4.79 Å². The molecule has 0 spiro atoms. The maximum absolute atomic E-state index is 11.5. The van der Waals surface area contributed by atoms with E-state index in [1.807, 2.05) is 13.8 Å². The van der Waals surface area contributed by atoms with Crippen LogP contribution in [0.15, 0.2) is 24.3 Å². The number of carboxylic acid groups (broad SMARTS) is 1. The van der Waals surface area contributed by atoms with E-state index in [0.29, 0.717) is 12.2 Å². The maximum Gasteiger partial charge on any atom is 0.335 e. The standard InChI is InChI=1S/C13H16O4/c1-9(2)8-17-12(14)7-10-5-3-4-6-11(10)13(15)16/h3-6,9H,7-8H2,1-2H3,(H,15,16). The Morgan fingerprint density at radius 1 is 1.29 bits per heavy atom. The lowest BCUT2D eigenvalue weighted by Crippen LogP contribution is -2.14. The lowest BCUT2D eigenvalue weighted by molar-refractivity contribution is -0.143. The first kappa shape index (κ1) is 13.2. The topological polar surface area (TPSA) is 63.6 Å². The zero-order valence-corrected chi connectivity index (χ0v) is 9.97. The fourth-order valence-electron chi connectivity index (χ4n) is 1.35. The van der Waals surface area contributed by atoms with Crippen LogP contribution >= 0.6 is 0 Å². The van der Waals surface area contributed by atoms with Gasteiger partial charge in [-0.15, -0.1) is 0 Å². The molecule has 0 aromatic heterocycles. The highest BCUT2D eigenvalue weighted by Gasteiger charge is 2.13. The Morgan fingerprint density at radius 3 is 2.53 bits per heavy atom. The first-order valence-corrected chi connectivity index (χ1v) is 5.47. The SMILES string of the molecule is CC(C)COC(=O)Cc1ccccc1C(=O)O. The predicted octanol–water partition coefficient (Wildman–Crippen LogP) is 2.13. The molecule has 0 saturated heterocycles. The van der Waals surface area contributed by atoms with Crippen LogP contribution in [0.1, 0.15) is 29.8 Å². The Hall–Kier alpha value is -1.84. The summed E-state index contributed by atoms with van der Waals surface area (Å²) in [5.41, 5.74) is 0.628. The van der Waals surface area contributed by atoms with Crippen LogP contribution in [0.25, 0.3) is 0 Å². The van der Waals surface area contributed by atoms with Gasteiger partial charge in [0.15, 0.2) is 0 Å². The number of benzene rings is 1. The van der Waals surface area contributed by atoms with Crippen molar-refractivity contribution in [2.24, 2.45) is 5.92 Å². The van der Waals surface area contributed by atoms with Crippen LogP contribution in [0, 0.1) is 5.92 Å². The van der Waals surface area contributed by atoms with Crippen molar-refractivity contribution in [2.75, 3.05) is 6.61 Å². The summed E-state index contributed by atoms with van der Waals surface area (Å²) in [4.78, 5) is 22.4. The van der Waals surface area contributed by atoms with Crippen LogP contribution in [0.3, 0.4) is 0 Å². The second-order valence-corrected chi connectivity index (χ2v) is 4.22. The van der Waals surface area contributed by atoms with Crippen molar-refractivity contribution in [2.45, 2.75) is 20.3 Å². The second kappa shape index (κ2) is 6.03. The molecule has 0 unspecified atom stereocenters. The molecule has 0 bridgehead atoms. The van der Waals surface area contributed by atoms with E-state index in [0.717, 1.165) is 0 Å². The summed E-state index contributed by atoms with van der Waals surface area (Å²) in [6.45, 7) is 4.24. The molecule has 0 saturated carbocycles. The minimum Gasteiger partial charge on any atom is -0.478 e. The molecule has 1 aromatic carbocycles. The molecule has 1 rings (SSSR count). The van der Waals surface area contributed by atoms with Gasteiger partial charge in [-0.2, -0.15) is 0 Å². The first-order chi connectivity index (χ1) is 8.00. The van der Waals surface area contributed by atoms with Crippen LogP contribution < -0.4 is 0 Å². The molecule has 0 radical (unpaired) electrons. The summed E-state index contributed by atoms with van der Waals surface area (Å²) in [6.07, 6.45) is -0.00477. The average molecular weight is 236 g/mol. The van der Waals surface area contributed by atoms with Crippen molar-refractivity contribution in [3.63, 3.8) is 0 Å². The number of rotatable bonds is 5. The summed E-state index contributed by atoms with van der Waals surface area (Å²) < 4.78 is 5.01. The highest BCUT2D eigenvalue weighted by Crippen LogP contribution is 2.10. The first-order valence-electron chi connectivity index (χ1n) is 5.47. The van der Waals surface area contributed by atoms with E-state index in [1.165, 1.54) is 6.07 Å². The lowest BCUT2D eigenvalue weighted by Gasteiger charge is -2.08. The summed E-state index contributed by atoms with van der Waals surface area (Å²) in [5.74, 6) is -1.15. The zero-order valence-electron chi connectivity index (χ0n) is 9.97. The maximum atomic E-state index is 11.5. The molecule has 0 amide bonds. The lowest BCUT2D eigenvalue weighted by atomic mass is 10.1. The van der Waals surface area contributed by atoms with Gasteiger partial charge in [-0.1, -0.05) is 32.0 Å². The minimum atomic E-state index is -1.03. The number of carbonyl (C=O) groups excluding carboxylic acids is 1. The minimum absolute atomic E-state index is 0.00477. The highest BCUT2D eigenvalue weighted by atomic mass is 16.5. The van der Waals surface area contributed by atoms with Gasteiger partial charge in [0.25, 0.3) is 0 Å². The van der Waals surface area contributed by atoms with E-state index in [1.54, 1.807) is 18.2 Å². The van der Waals surface area contributed by atoms with E-state index in [-0.39, 0.29) is 17.9 Å². The average Bonchev–Trinajstić information content (AvgIpc) is 2.27. The van der Waals surface area contributed by atoms with Gasteiger partial charge in [0.05, 0.1) is 18.6 Å². The van der Waals surface area contributed by atoms with E-state index < -0.39 is 11.9 Å². The monoisotopic (exact) mass is 236 g/mol. The summed E-state index contributed by atoms with van der Waals surface area (Å²) >= 11 is 0. The number of hydrogen-bond acceptors (Lipinski definition) is 3. The van der Waals surface area contributed by atoms with E-state index in [9.17, 15) is 9.59 Å². The van der Waals surface area contributed by atoms with Gasteiger partial charge in [0, 0.05) is 0 Å². The molecule has 0 aliphatic heterocycles. The molecular weight excluding hydrogens is 220 g/mol. The van der Waals surface area contributed by atoms with Gasteiger partial charge >= 0.3 is 11.9 Å². The van der Waals surface area contributed by atoms with Crippen LogP contribution in [0.2, 0.25) is 0 Å². The Bertz CT molecular complexity index is 410. The van der Waals surface area contributed by atoms with E-state index >= 15 is 0 Å². The third kappa shape index (κ3) is 4.26. The summed E-state index contributed by atoms with van der Waals surface area (Å²) in [5, 5.41) is 8.94. The van der Waals surface area contributed by atoms with Crippen LogP contribution in [0.5, 0.6) is 0 Å². The van der Waals surface area contributed by atoms with Crippen molar-refractivity contribution in [3.05, 3.63) is 35.4 Å². The number of esters is 1. The van der Waals surface area contributed by atoms with Crippen LogP contribution in [0.4, 0.5) is 0 Å². The predicted molar refractivity (Wildman–Crippen MR) is 62.9 cm³/mol. The van der Waals surface area contributed by atoms with Gasteiger partial charge in [0.2, 0.25) is 0 Å². The quantitative estimate of drug-likeness (QED) is 0.795. The van der Waals surface area contributed by atoms with Gasteiger partial charge < -0.3 is 9.84 Å². The molecule has 0 fully saturated rings. The third-order valence-electron chi connectivity index (χ3n) is 2.16. The molecule has 0 aliphatic rings. The van der Waals surface area contributed by atoms with Crippen LogP contribution in [-0.2, 0) is 16.0 Å². The van der Waals surface area contributed by atoms with Crippen molar-refractivity contribution in [1.29, 1.82) is 0 Å². The Labute approximate surface area is 100 Å². The van der Waals surface area contributed by atoms with Crippen molar-refractivity contribution < 1.29 is 19.4 Å². The van der Waals surface area contributed by atoms with Crippen LogP contribution in [-0.4, -0.2) is 23.7 Å². The van der Waals surface area contributed by atoms with Gasteiger partial charge in [-0.05, 0) is 17.5 Å². The number of aromatic carboxylic acids is 1. The Balaban J connectivity index is 2.68. The summed E-state index contributed by atoms with van der Waals surface area (Å²) in [6, 6.07) is 6.44. The fourth-order valence-corrected chi connectivity index (χ4v) is 1.35. The smallest absolute Gasteiger partial charge is 0.335 e. The molecule has 17 heavy (non-hydrogen) atoms. The molecule has 92 valence electrons. The molecule has 0 heterocycles. The number of carboxylic acids is 1. The molecule has 4 heteroatoms.